The van der Waals surface area contributed by atoms with Crippen molar-refractivity contribution < 1.29 is 9.47 Å². The van der Waals surface area contributed by atoms with E-state index in [-0.39, 0.29) is 6.04 Å². The van der Waals surface area contributed by atoms with Gasteiger partial charge >= 0.3 is 0 Å². The van der Waals surface area contributed by atoms with E-state index in [4.69, 9.17) is 9.47 Å². The second-order valence-corrected chi connectivity index (χ2v) is 5.12. The zero-order chi connectivity index (χ0) is 14.5. The molecule has 1 aliphatic rings. The predicted molar refractivity (Wildman–Crippen MR) is 80.8 cm³/mol. The zero-order valence-electron chi connectivity index (χ0n) is 12.3. The van der Waals surface area contributed by atoms with E-state index in [0.29, 0.717) is 13.2 Å². The molecule has 1 aliphatic heterocycles. The highest BCUT2D eigenvalue weighted by Gasteiger charge is 2.19. The Kier molecular flexibility index (Phi) is 4.40. The number of H-pyrrole nitrogens is 1. The highest BCUT2D eigenvalue weighted by Crippen LogP contribution is 2.33. The van der Waals surface area contributed by atoms with Crippen LogP contribution in [0.15, 0.2) is 30.6 Å². The van der Waals surface area contributed by atoms with Gasteiger partial charge in [0.25, 0.3) is 0 Å². The number of benzene rings is 1. The first-order chi connectivity index (χ1) is 10.4. The van der Waals surface area contributed by atoms with Crippen molar-refractivity contribution in [3.05, 3.63) is 42.0 Å². The molecule has 2 aromatic rings. The molecule has 21 heavy (non-hydrogen) atoms. The minimum absolute atomic E-state index is 0.0390. The average Bonchev–Trinajstić information content (AvgIpc) is 2.93. The fraction of sp³-hybridized carbons (Fsp3) is 0.438. The molecule has 5 heteroatoms. The second kappa shape index (κ2) is 6.63. The van der Waals surface area contributed by atoms with E-state index < -0.39 is 0 Å². The minimum atomic E-state index is 0.0390. The van der Waals surface area contributed by atoms with Gasteiger partial charge in [-0.2, -0.15) is 0 Å². The van der Waals surface area contributed by atoms with Crippen molar-refractivity contribution in [2.24, 2.45) is 0 Å². The van der Waals surface area contributed by atoms with Gasteiger partial charge in [0.05, 0.1) is 19.3 Å². The van der Waals surface area contributed by atoms with Crippen molar-refractivity contribution >= 4 is 0 Å². The summed E-state index contributed by atoms with van der Waals surface area (Å²) in [7, 11) is 0. The van der Waals surface area contributed by atoms with Crippen LogP contribution in [0.5, 0.6) is 11.5 Å². The minimum Gasteiger partial charge on any atom is -0.490 e. The number of hydrogen-bond acceptors (Lipinski definition) is 4. The van der Waals surface area contributed by atoms with Gasteiger partial charge in [-0.15, -0.1) is 0 Å². The van der Waals surface area contributed by atoms with Gasteiger partial charge in [0.15, 0.2) is 11.5 Å². The largest absolute Gasteiger partial charge is 0.490 e. The molecular weight excluding hydrogens is 266 g/mol. The lowest BCUT2D eigenvalue weighted by atomic mass is 10.1. The van der Waals surface area contributed by atoms with E-state index in [1.807, 2.05) is 12.3 Å². The lowest BCUT2D eigenvalue weighted by molar-refractivity contribution is 0.297. The molecule has 0 aliphatic carbocycles. The lowest BCUT2D eigenvalue weighted by Crippen LogP contribution is -2.24. The van der Waals surface area contributed by atoms with Crippen molar-refractivity contribution in [3.63, 3.8) is 0 Å². The number of ether oxygens (including phenoxy) is 2. The summed E-state index contributed by atoms with van der Waals surface area (Å²) in [4.78, 5) is 7.58. The third-order valence-corrected chi connectivity index (χ3v) is 3.50. The Morgan fingerprint density at radius 1 is 1.29 bits per heavy atom. The Balaban J connectivity index is 1.90. The summed E-state index contributed by atoms with van der Waals surface area (Å²) in [5.74, 6) is 2.56. The molecule has 3 rings (SSSR count). The third-order valence-electron chi connectivity index (χ3n) is 3.50. The van der Waals surface area contributed by atoms with E-state index >= 15 is 0 Å². The van der Waals surface area contributed by atoms with Crippen LogP contribution in [0.1, 0.15) is 37.2 Å². The molecule has 2 heterocycles. The number of fused-ring (bicyclic) bond motifs is 1. The van der Waals surface area contributed by atoms with Gasteiger partial charge in [0.1, 0.15) is 5.82 Å². The topological polar surface area (TPSA) is 59.2 Å². The van der Waals surface area contributed by atoms with E-state index in [0.717, 1.165) is 42.3 Å². The zero-order valence-corrected chi connectivity index (χ0v) is 12.3. The van der Waals surface area contributed by atoms with Gasteiger partial charge in [-0.1, -0.05) is 13.0 Å². The Bertz CT molecular complexity index is 569. The number of nitrogens with zero attached hydrogens (tertiary/aromatic N) is 1. The summed E-state index contributed by atoms with van der Waals surface area (Å²) in [6.45, 7) is 4.49. The lowest BCUT2D eigenvalue weighted by Gasteiger charge is -2.18. The number of aromatic amines is 1. The fourth-order valence-corrected chi connectivity index (χ4v) is 2.46. The van der Waals surface area contributed by atoms with Gasteiger partial charge < -0.3 is 19.8 Å². The molecule has 0 bridgehead atoms. The van der Waals surface area contributed by atoms with Gasteiger partial charge in [0, 0.05) is 18.8 Å². The molecule has 1 aromatic carbocycles. The number of nitrogens with one attached hydrogen (secondary N) is 2. The number of rotatable bonds is 5. The molecule has 1 unspecified atom stereocenters. The SMILES string of the molecule is CCCNC(c1ccc2c(c1)OCCCO2)c1ncc[nH]1. The maximum absolute atomic E-state index is 5.78. The van der Waals surface area contributed by atoms with Crippen LogP contribution in [0.4, 0.5) is 0 Å². The van der Waals surface area contributed by atoms with Crippen LogP contribution in [0.3, 0.4) is 0 Å². The third kappa shape index (κ3) is 3.19. The number of hydrogen-bond donors (Lipinski definition) is 2. The van der Waals surface area contributed by atoms with Crippen LogP contribution in [-0.2, 0) is 0 Å². The molecule has 1 aromatic heterocycles. The van der Waals surface area contributed by atoms with E-state index in [1.54, 1.807) is 6.20 Å². The van der Waals surface area contributed by atoms with Gasteiger partial charge in [-0.25, -0.2) is 4.98 Å². The van der Waals surface area contributed by atoms with Crippen LogP contribution >= 0.6 is 0 Å². The highest BCUT2D eigenvalue weighted by atomic mass is 16.5. The van der Waals surface area contributed by atoms with Gasteiger partial charge in [-0.3, -0.25) is 0 Å². The fourth-order valence-electron chi connectivity index (χ4n) is 2.46. The Morgan fingerprint density at radius 2 is 2.14 bits per heavy atom. The number of imidazole rings is 1. The molecule has 0 saturated heterocycles. The Labute approximate surface area is 124 Å². The normalized spacial score (nSPS) is 15.5. The first-order valence-electron chi connectivity index (χ1n) is 7.50. The van der Waals surface area contributed by atoms with Gasteiger partial charge in [-0.05, 0) is 30.7 Å². The summed E-state index contributed by atoms with van der Waals surface area (Å²) in [5, 5.41) is 3.52. The van der Waals surface area contributed by atoms with Crippen molar-refractivity contribution in [3.8, 4) is 11.5 Å². The highest BCUT2D eigenvalue weighted by molar-refractivity contribution is 5.45. The summed E-state index contributed by atoms with van der Waals surface area (Å²) in [6, 6.07) is 6.15. The van der Waals surface area contributed by atoms with Crippen LogP contribution in [0, 0.1) is 0 Å². The van der Waals surface area contributed by atoms with E-state index in [9.17, 15) is 0 Å². The molecule has 0 spiro atoms. The van der Waals surface area contributed by atoms with Crippen molar-refractivity contribution in [1.29, 1.82) is 0 Å². The van der Waals surface area contributed by atoms with Crippen LogP contribution < -0.4 is 14.8 Å². The number of aromatic nitrogens is 2. The molecule has 0 amide bonds. The van der Waals surface area contributed by atoms with Crippen molar-refractivity contribution in [2.75, 3.05) is 19.8 Å². The average molecular weight is 287 g/mol. The Morgan fingerprint density at radius 3 is 2.90 bits per heavy atom. The molecule has 1 atom stereocenters. The van der Waals surface area contributed by atoms with E-state index in [2.05, 4.69) is 34.3 Å². The molecular formula is C16H21N3O2. The van der Waals surface area contributed by atoms with Crippen LogP contribution in [0.2, 0.25) is 0 Å². The van der Waals surface area contributed by atoms with Crippen molar-refractivity contribution in [2.45, 2.75) is 25.8 Å². The van der Waals surface area contributed by atoms with E-state index in [1.165, 1.54) is 0 Å². The van der Waals surface area contributed by atoms with Crippen LogP contribution in [0.25, 0.3) is 0 Å². The summed E-state index contributed by atoms with van der Waals surface area (Å²) < 4.78 is 11.5. The smallest absolute Gasteiger partial charge is 0.161 e. The maximum atomic E-state index is 5.78. The first kappa shape index (κ1) is 13.9. The summed E-state index contributed by atoms with van der Waals surface area (Å²) >= 11 is 0. The summed E-state index contributed by atoms with van der Waals surface area (Å²) in [5.41, 5.74) is 1.13. The summed E-state index contributed by atoms with van der Waals surface area (Å²) in [6.07, 6.45) is 5.61. The van der Waals surface area contributed by atoms with Crippen molar-refractivity contribution in [1.82, 2.24) is 15.3 Å². The molecule has 112 valence electrons. The standard InChI is InChI=1S/C16H21N3O2/c1-2-6-17-15(16-18-7-8-19-16)12-4-5-13-14(11-12)21-10-3-9-20-13/h4-5,7-8,11,15,17H,2-3,6,9-10H2,1H3,(H,18,19). The quantitative estimate of drug-likeness (QED) is 0.887. The molecule has 2 N–H and O–H groups in total. The monoisotopic (exact) mass is 287 g/mol. The maximum Gasteiger partial charge on any atom is 0.161 e. The molecule has 0 fully saturated rings. The first-order valence-corrected chi connectivity index (χ1v) is 7.50. The second-order valence-electron chi connectivity index (χ2n) is 5.12. The Hall–Kier alpha value is -2.01. The molecule has 0 saturated carbocycles. The molecule has 0 radical (unpaired) electrons. The predicted octanol–water partition coefficient (Wildman–Crippen LogP) is 2.66. The molecule has 5 nitrogen and oxygen atoms in total. The van der Waals surface area contributed by atoms with Crippen LogP contribution in [-0.4, -0.2) is 29.7 Å². The van der Waals surface area contributed by atoms with Gasteiger partial charge in [0.2, 0.25) is 0 Å².